The first-order valence-electron chi connectivity index (χ1n) is 11.5. The van der Waals surface area contributed by atoms with Crippen molar-refractivity contribution < 1.29 is 9.53 Å². The quantitative estimate of drug-likeness (QED) is 0.337. The number of unbranched alkanes of at least 4 members (excludes halogenated alkanes) is 1. The van der Waals surface area contributed by atoms with E-state index in [2.05, 4.69) is 46.9 Å². The smallest absolute Gasteiger partial charge is 0.251 e. The summed E-state index contributed by atoms with van der Waals surface area (Å²) in [7, 11) is 0. The van der Waals surface area contributed by atoms with E-state index >= 15 is 0 Å². The molecule has 170 valence electrons. The highest BCUT2D eigenvalue weighted by Gasteiger charge is 2.12. The molecule has 6 nitrogen and oxygen atoms in total. The summed E-state index contributed by atoms with van der Waals surface area (Å²) in [6, 6.07) is 19.8. The molecule has 0 saturated heterocycles. The second-order valence-corrected chi connectivity index (χ2v) is 8.37. The Morgan fingerprint density at radius 1 is 1.00 bits per heavy atom. The number of carbonyl (C=O) groups excluding carboxylic acids is 1. The van der Waals surface area contributed by atoms with E-state index in [0.717, 1.165) is 42.0 Å². The van der Waals surface area contributed by atoms with Crippen LogP contribution in [0.25, 0.3) is 11.0 Å². The summed E-state index contributed by atoms with van der Waals surface area (Å²) in [6.07, 6.45) is 5.12. The molecule has 2 aromatic heterocycles. The first kappa shape index (κ1) is 22.5. The van der Waals surface area contributed by atoms with Crippen LogP contribution >= 0.6 is 0 Å². The minimum Gasteiger partial charge on any atom is -0.494 e. The van der Waals surface area contributed by atoms with Gasteiger partial charge in [-0.2, -0.15) is 0 Å². The third kappa shape index (κ3) is 5.77. The molecule has 33 heavy (non-hydrogen) atoms. The van der Waals surface area contributed by atoms with Gasteiger partial charge in [-0.05, 0) is 60.7 Å². The predicted molar refractivity (Wildman–Crippen MR) is 130 cm³/mol. The van der Waals surface area contributed by atoms with Crippen LogP contribution in [0.5, 0.6) is 5.75 Å². The number of hydrogen-bond donors (Lipinski definition) is 1. The molecule has 0 bridgehead atoms. The largest absolute Gasteiger partial charge is 0.494 e. The number of para-hydroxylation sites is 2. The maximum Gasteiger partial charge on any atom is 0.251 e. The second-order valence-electron chi connectivity index (χ2n) is 8.37. The van der Waals surface area contributed by atoms with Crippen molar-refractivity contribution in [3.63, 3.8) is 0 Å². The Balaban J connectivity index is 1.34. The second kappa shape index (κ2) is 10.8. The number of amides is 1. The highest BCUT2D eigenvalue weighted by atomic mass is 16.5. The Bertz CT molecular complexity index is 1180. The molecule has 4 aromatic rings. The average Bonchev–Trinajstić information content (AvgIpc) is 3.20. The van der Waals surface area contributed by atoms with Gasteiger partial charge in [0, 0.05) is 24.5 Å². The fourth-order valence-electron chi connectivity index (χ4n) is 3.79. The van der Waals surface area contributed by atoms with E-state index in [4.69, 9.17) is 9.72 Å². The number of nitrogens with zero attached hydrogens (tertiary/aromatic N) is 3. The van der Waals surface area contributed by atoms with Crippen molar-refractivity contribution in [2.45, 2.75) is 45.7 Å². The molecule has 0 spiro atoms. The number of carbonyl (C=O) groups is 1. The van der Waals surface area contributed by atoms with Gasteiger partial charge in [-0.15, -0.1) is 0 Å². The molecule has 2 heterocycles. The minimum atomic E-state index is -0.132. The summed E-state index contributed by atoms with van der Waals surface area (Å²) in [5.41, 5.74) is 3.92. The summed E-state index contributed by atoms with van der Waals surface area (Å²) < 4.78 is 8.11. The summed E-state index contributed by atoms with van der Waals surface area (Å²) in [6.45, 7) is 6.23. The summed E-state index contributed by atoms with van der Waals surface area (Å²) in [5.74, 6) is 2.15. The lowest BCUT2D eigenvalue weighted by Gasteiger charge is -2.11. The molecule has 0 aliphatic heterocycles. The van der Waals surface area contributed by atoms with E-state index in [0.29, 0.717) is 24.6 Å². The maximum absolute atomic E-state index is 12.4. The fraction of sp³-hybridized carbons (Fsp3) is 0.296. The molecule has 0 fully saturated rings. The van der Waals surface area contributed by atoms with Gasteiger partial charge in [0.2, 0.25) is 0 Å². The fourth-order valence-corrected chi connectivity index (χ4v) is 3.79. The van der Waals surface area contributed by atoms with Crippen LogP contribution in [-0.2, 0) is 13.1 Å². The van der Waals surface area contributed by atoms with Crippen LogP contribution < -0.4 is 10.1 Å². The van der Waals surface area contributed by atoms with Crippen LogP contribution in [0.15, 0.2) is 73.1 Å². The number of ether oxygens (including phenoxy) is 1. The van der Waals surface area contributed by atoms with E-state index in [9.17, 15) is 4.79 Å². The zero-order valence-electron chi connectivity index (χ0n) is 19.2. The molecular weight excluding hydrogens is 412 g/mol. The lowest BCUT2D eigenvalue weighted by Crippen LogP contribution is -2.24. The maximum atomic E-state index is 12.4. The normalized spacial score (nSPS) is 11.1. The van der Waals surface area contributed by atoms with Crippen LogP contribution in [-0.4, -0.2) is 27.0 Å². The number of hydrogen-bond acceptors (Lipinski definition) is 4. The van der Waals surface area contributed by atoms with Crippen molar-refractivity contribution >= 4 is 16.9 Å². The van der Waals surface area contributed by atoms with Gasteiger partial charge >= 0.3 is 0 Å². The molecule has 0 aliphatic rings. The molecular formula is C27H30N4O2. The van der Waals surface area contributed by atoms with E-state index in [1.54, 1.807) is 24.5 Å². The lowest BCUT2D eigenvalue weighted by molar-refractivity contribution is 0.0949. The van der Waals surface area contributed by atoms with Crippen LogP contribution in [0.2, 0.25) is 0 Å². The van der Waals surface area contributed by atoms with Crippen LogP contribution in [0.1, 0.15) is 54.4 Å². The SMILES string of the molecule is CC(C)c1ccc(OCCCCn2c(CNC(=O)c3ccncc3)nc3ccccc32)cc1. The molecule has 1 amide bonds. The molecule has 2 aromatic carbocycles. The van der Waals surface area contributed by atoms with Crippen molar-refractivity contribution in [2.75, 3.05) is 6.61 Å². The van der Waals surface area contributed by atoms with Crippen LogP contribution in [0.3, 0.4) is 0 Å². The average molecular weight is 443 g/mol. The van der Waals surface area contributed by atoms with E-state index < -0.39 is 0 Å². The van der Waals surface area contributed by atoms with Gasteiger partial charge in [-0.25, -0.2) is 4.98 Å². The van der Waals surface area contributed by atoms with Gasteiger partial charge in [0.25, 0.3) is 5.91 Å². The predicted octanol–water partition coefficient (Wildman–Crippen LogP) is 5.34. The number of pyridine rings is 1. The lowest BCUT2D eigenvalue weighted by atomic mass is 10.0. The highest BCUT2D eigenvalue weighted by Crippen LogP contribution is 2.20. The van der Waals surface area contributed by atoms with Gasteiger partial charge in [0.05, 0.1) is 24.2 Å². The molecule has 0 saturated carbocycles. The van der Waals surface area contributed by atoms with Crippen molar-refractivity contribution in [3.05, 3.63) is 90.0 Å². The monoisotopic (exact) mass is 442 g/mol. The zero-order valence-corrected chi connectivity index (χ0v) is 19.2. The van der Waals surface area contributed by atoms with Crippen LogP contribution in [0.4, 0.5) is 0 Å². The number of benzene rings is 2. The zero-order chi connectivity index (χ0) is 23.0. The Morgan fingerprint density at radius 2 is 1.76 bits per heavy atom. The number of aryl methyl sites for hydroxylation is 1. The van der Waals surface area contributed by atoms with E-state index in [1.807, 2.05) is 30.3 Å². The van der Waals surface area contributed by atoms with Crippen molar-refractivity contribution in [3.8, 4) is 5.75 Å². The Kier molecular flexibility index (Phi) is 7.35. The van der Waals surface area contributed by atoms with E-state index in [-0.39, 0.29) is 5.91 Å². The number of rotatable bonds is 10. The van der Waals surface area contributed by atoms with Gasteiger partial charge < -0.3 is 14.6 Å². The standard InChI is InChI=1S/C27H30N4O2/c1-20(2)21-9-11-23(12-10-21)33-18-6-5-17-31-25-8-4-3-7-24(25)30-26(31)19-29-27(32)22-13-15-28-16-14-22/h3-4,7-16,20H,5-6,17-19H2,1-2H3,(H,29,32). The Hall–Kier alpha value is -3.67. The van der Waals surface area contributed by atoms with Gasteiger partial charge in [0.15, 0.2) is 0 Å². The molecule has 0 unspecified atom stereocenters. The first-order chi connectivity index (χ1) is 16.1. The number of imidazole rings is 1. The molecule has 0 aliphatic carbocycles. The summed E-state index contributed by atoms with van der Waals surface area (Å²) >= 11 is 0. The first-order valence-corrected chi connectivity index (χ1v) is 11.5. The third-order valence-corrected chi connectivity index (χ3v) is 5.67. The van der Waals surface area contributed by atoms with Crippen molar-refractivity contribution in [1.82, 2.24) is 19.9 Å². The van der Waals surface area contributed by atoms with Crippen molar-refractivity contribution in [2.24, 2.45) is 0 Å². The molecule has 4 rings (SSSR count). The molecule has 6 heteroatoms. The number of fused-ring (bicyclic) bond motifs is 1. The summed E-state index contributed by atoms with van der Waals surface area (Å²) in [4.78, 5) is 21.2. The topological polar surface area (TPSA) is 69.0 Å². The molecule has 1 N–H and O–H groups in total. The van der Waals surface area contributed by atoms with E-state index in [1.165, 1.54) is 5.56 Å². The van der Waals surface area contributed by atoms with Crippen LogP contribution in [0, 0.1) is 0 Å². The Morgan fingerprint density at radius 3 is 2.52 bits per heavy atom. The van der Waals surface area contributed by atoms with Gasteiger partial charge in [0.1, 0.15) is 11.6 Å². The summed E-state index contributed by atoms with van der Waals surface area (Å²) in [5, 5.41) is 2.98. The number of aromatic nitrogens is 3. The third-order valence-electron chi connectivity index (χ3n) is 5.67. The molecule has 0 radical (unpaired) electrons. The minimum absolute atomic E-state index is 0.132. The van der Waals surface area contributed by atoms with Gasteiger partial charge in [-0.1, -0.05) is 38.1 Å². The molecule has 0 atom stereocenters. The highest BCUT2D eigenvalue weighted by molar-refractivity contribution is 5.93. The number of nitrogens with one attached hydrogen (secondary N) is 1. The van der Waals surface area contributed by atoms with Crippen molar-refractivity contribution in [1.29, 1.82) is 0 Å². The van der Waals surface area contributed by atoms with Gasteiger partial charge in [-0.3, -0.25) is 9.78 Å². The Labute approximate surface area is 194 Å².